The minimum Gasteiger partial charge on any atom is -0.364 e. The van der Waals surface area contributed by atoms with Gasteiger partial charge in [0.15, 0.2) is 0 Å². The van der Waals surface area contributed by atoms with Gasteiger partial charge in [0.1, 0.15) is 5.92 Å². The zero-order chi connectivity index (χ0) is 16.1. The lowest BCUT2D eigenvalue weighted by atomic mass is 9.98. The number of hydrogen-bond donors (Lipinski definition) is 2. The van der Waals surface area contributed by atoms with Crippen molar-refractivity contribution in [3.63, 3.8) is 0 Å². The van der Waals surface area contributed by atoms with Gasteiger partial charge in [-0.2, -0.15) is 0 Å². The van der Waals surface area contributed by atoms with E-state index in [1.54, 1.807) is 4.90 Å². The average molecular weight is 314 g/mol. The van der Waals surface area contributed by atoms with Crippen molar-refractivity contribution < 1.29 is 4.79 Å². The van der Waals surface area contributed by atoms with Gasteiger partial charge in [-0.15, -0.1) is 0 Å². The van der Waals surface area contributed by atoms with E-state index >= 15 is 0 Å². The number of anilines is 2. The number of carbonyl (C=O) groups is 1. The number of nitrogens with zero attached hydrogens (tertiary/aromatic N) is 2. The fourth-order valence-corrected chi connectivity index (χ4v) is 3.40. The second-order valence-electron chi connectivity index (χ2n) is 5.87. The molecule has 0 spiro atoms. The molecule has 24 heavy (non-hydrogen) atoms. The Morgan fingerprint density at radius 3 is 2.62 bits per heavy atom. The Balaban J connectivity index is 1.70. The summed E-state index contributed by atoms with van der Waals surface area (Å²) in [5, 5.41) is 0. The fraction of sp³-hybridized carbons (Fsp3) is 0.0526. The number of benzene rings is 2. The molecule has 1 amide bonds. The van der Waals surface area contributed by atoms with Crippen LogP contribution in [0.4, 0.5) is 11.6 Å². The minimum atomic E-state index is -0.329. The first-order chi connectivity index (χ1) is 11.8. The van der Waals surface area contributed by atoms with Gasteiger partial charge in [0.05, 0.1) is 16.7 Å². The first kappa shape index (κ1) is 13.1. The van der Waals surface area contributed by atoms with Crippen LogP contribution >= 0.6 is 0 Å². The molecule has 116 valence electrons. The van der Waals surface area contributed by atoms with E-state index in [2.05, 4.69) is 15.0 Å². The zero-order valence-corrected chi connectivity index (χ0v) is 12.7. The average Bonchev–Trinajstić information content (AvgIpc) is 3.30. The summed E-state index contributed by atoms with van der Waals surface area (Å²) in [7, 11) is 0. The summed E-state index contributed by atoms with van der Waals surface area (Å²) in [6.45, 7) is 0. The van der Waals surface area contributed by atoms with Crippen LogP contribution in [-0.4, -0.2) is 20.9 Å². The number of carbonyl (C=O) groups excluding carboxylic acids is 1. The molecule has 3 heterocycles. The molecule has 0 saturated carbocycles. The van der Waals surface area contributed by atoms with E-state index < -0.39 is 0 Å². The van der Waals surface area contributed by atoms with Gasteiger partial charge >= 0.3 is 0 Å². The summed E-state index contributed by atoms with van der Waals surface area (Å²) in [6.07, 6.45) is 1.84. The third-order valence-corrected chi connectivity index (χ3v) is 4.48. The lowest BCUT2D eigenvalue weighted by molar-refractivity contribution is -0.117. The van der Waals surface area contributed by atoms with Crippen molar-refractivity contribution in [2.24, 2.45) is 0 Å². The molecule has 5 rings (SSSR count). The van der Waals surface area contributed by atoms with E-state index in [9.17, 15) is 4.79 Å². The standard InChI is InChI=1S/C19H14N4O/c24-18-17(15-9-5-11-20-15)12-6-1-4-10-16(12)23(18)19-21-13-7-2-3-8-14(13)22-19/h1-11,17,20H,(H,21,22). The van der Waals surface area contributed by atoms with E-state index in [0.717, 1.165) is 28.0 Å². The van der Waals surface area contributed by atoms with Gasteiger partial charge in [0.25, 0.3) is 0 Å². The van der Waals surface area contributed by atoms with Gasteiger partial charge in [-0.1, -0.05) is 30.3 Å². The Kier molecular flexibility index (Phi) is 2.64. The van der Waals surface area contributed by atoms with Gasteiger partial charge in [-0.05, 0) is 35.9 Å². The summed E-state index contributed by atoms with van der Waals surface area (Å²) in [4.78, 5) is 25.9. The largest absolute Gasteiger partial charge is 0.364 e. The first-order valence-electron chi connectivity index (χ1n) is 7.84. The minimum absolute atomic E-state index is 0.00212. The number of imidazole rings is 1. The van der Waals surface area contributed by atoms with Crippen LogP contribution in [0.25, 0.3) is 11.0 Å². The van der Waals surface area contributed by atoms with Gasteiger partial charge < -0.3 is 9.97 Å². The van der Waals surface area contributed by atoms with E-state index in [0.29, 0.717) is 5.95 Å². The predicted molar refractivity (Wildman–Crippen MR) is 92.3 cm³/mol. The van der Waals surface area contributed by atoms with Gasteiger partial charge in [0.2, 0.25) is 11.9 Å². The number of H-pyrrole nitrogens is 2. The van der Waals surface area contributed by atoms with Gasteiger partial charge in [0, 0.05) is 11.9 Å². The number of fused-ring (bicyclic) bond motifs is 2. The Morgan fingerprint density at radius 2 is 1.79 bits per heavy atom. The molecule has 0 saturated heterocycles. The molecule has 2 aromatic heterocycles. The smallest absolute Gasteiger partial charge is 0.247 e. The van der Waals surface area contributed by atoms with E-state index in [1.807, 2.05) is 66.9 Å². The van der Waals surface area contributed by atoms with Crippen molar-refractivity contribution in [1.82, 2.24) is 15.0 Å². The van der Waals surface area contributed by atoms with Crippen LogP contribution in [0.15, 0.2) is 66.9 Å². The predicted octanol–water partition coefficient (Wildman–Crippen LogP) is 3.70. The van der Waals surface area contributed by atoms with E-state index in [1.165, 1.54) is 0 Å². The molecule has 0 aliphatic carbocycles. The molecule has 5 nitrogen and oxygen atoms in total. The molecule has 1 unspecified atom stereocenters. The lowest BCUT2D eigenvalue weighted by Crippen LogP contribution is -2.25. The highest BCUT2D eigenvalue weighted by Gasteiger charge is 2.40. The molecule has 5 heteroatoms. The fourth-order valence-electron chi connectivity index (χ4n) is 3.40. The summed E-state index contributed by atoms with van der Waals surface area (Å²) >= 11 is 0. The number of rotatable bonds is 2. The Bertz CT molecular complexity index is 1020. The van der Waals surface area contributed by atoms with Crippen molar-refractivity contribution in [3.05, 3.63) is 78.1 Å². The van der Waals surface area contributed by atoms with Gasteiger partial charge in [-0.3, -0.25) is 4.79 Å². The summed E-state index contributed by atoms with van der Waals surface area (Å²) < 4.78 is 0. The topological polar surface area (TPSA) is 64.8 Å². The highest BCUT2D eigenvalue weighted by molar-refractivity contribution is 6.11. The molecular weight excluding hydrogens is 300 g/mol. The molecule has 2 aromatic carbocycles. The molecule has 1 aliphatic rings. The third-order valence-electron chi connectivity index (χ3n) is 4.48. The van der Waals surface area contributed by atoms with Crippen LogP contribution in [0.2, 0.25) is 0 Å². The van der Waals surface area contributed by atoms with Crippen LogP contribution in [0.1, 0.15) is 17.2 Å². The zero-order valence-electron chi connectivity index (χ0n) is 12.7. The summed E-state index contributed by atoms with van der Waals surface area (Å²) in [5.41, 5.74) is 4.53. The molecule has 1 atom stereocenters. The van der Waals surface area contributed by atoms with Crippen LogP contribution in [0.5, 0.6) is 0 Å². The van der Waals surface area contributed by atoms with Crippen LogP contribution < -0.4 is 4.90 Å². The number of aromatic amines is 2. The normalized spacial score (nSPS) is 16.8. The van der Waals surface area contributed by atoms with Crippen LogP contribution in [0.3, 0.4) is 0 Å². The summed E-state index contributed by atoms with van der Waals surface area (Å²) in [6, 6.07) is 19.5. The SMILES string of the molecule is O=C1C(c2ccc[nH]2)c2ccccc2N1c1nc2ccccc2[nH]1. The van der Waals surface area contributed by atoms with E-state index in [4.69, 9.17) is 0 Å². The Morgan fingerprint density at radius 1 is 0.958 bits per heavy atom. The second-order valence-corrected chi connectivity index (χ2v) is 5.87. The molecule has 1 aliphatic heterocycles. The molecule has 4 aromatic rings. The van der Waals surface area contributed by atoms with E-state index in [-0.39, 0.29) is 11.8 Å². The van der Waals surface area contributed by atoms with Crippen molar-refractivity contribution in [2.75, 3.05) is 4.90 Å². The Labute approximate surface area is 138 Å². The number of amides is 1. The molecule has 0 bridgehead atoms. The number of para-hydroxylation sites is 3. The maximum absolute atomic E-state index is 13.2. The van der Waals surface area contributed by atoms with Crippen molar-refractivity contribution in [3.8, 4) is 0 Å². The van der Waals surface area contributed by atoms with Crippen molar-refractivity contribution in [1.29, 1.82) is 0 Å². The highest BCUT2D eigenvalue weighted by Crippen LogP contribution is 2.43. The van der Waals surface area contributed by atoms with Gasteiger partial charge in [-0.25, -0.2) is 9.88 Å². The van der Waals surface area contributed by atoms with Crippen molar-refractivity contribution in [2.45, 2.75) is 5.92 Å². The maximum Gasteiger partial charge on any atom is 0.247 e. The molecular formula is C19H14N4O. The number of hydrogen-bond acceptors (Lipinski definition) is 2. The third kappa shape index (κ3) is 1.75. The van der Waals surface area contributed by atoms with Crippen LogP contribution in [-0.2, 0) is 4.79 Å². The number of aromatic nitrogens is 3. The number of nitrogens with one attached hydrogen (secondary N) is 2. The maximum atomic E-state index is 13.2. The molecule has 2 N–H and O–H groups in total. The van der Waals surface area contributed by atoms with Crippen molar-refractivity contribution >= 4 is 28.6 Å². The quantitative estimate of drug-likeness (QED) is 0.592. The monoisotopic (exact) mass is 314 g/mol. The Hall–Kier alpha value is -3.34. The molecule has 0 fully saturated rings. The highest BCUT2D eigenvalue weighted by atomic mass is 16.2. The van der Waals surface area contributed by atoms with Crippen LogP contribution in [0, 0.1) is 0 Å². The molecule has 0 radical (unpaired) electrons. The first-order valence-corrected chi connectivity index (χ1v) is 7.84. The summed E-state index contributed by atoms with van der Waals surface area (Å²) in [5.74, 6) is 0.227. The second kappa shape index (κ2) is 4.83. The lowest BCUT2D eigenvalue weighted by Gasteiger charge is -2.14.